The molecule has 4 aromatic rings. The van der Waals surface area contributed by atoms with E-state index in [0.717, 1.165) is 15.6 Å². The highest BCUT2D eigenvalue weighted by atomic mass is 79.9. The molecule has 0 unspecified atom stereocenters. The van der Waals surface area contributed by atoms with E-state index in [1.165, 1.54) is 10.5 Å². The molecule has 168 valence electrons. The number of fused-ring (bicyclic) bond motifs is 1. The smallest absolute Gasteiger partial charge is 0.269 e. The third kappa shape index (κ3) is 4.75. The van der Waals surface area contributed by atoms with Crippen molar-refractivity contribution in [3.8, 4) is 17.7 Å². The summed E-state index contributed by atoms with van der Waals surface area (Å²) in [6.45, 7) is 3.85. The summed E-state index contributed by atoms with van der Waals surface area (Å²) in [6, 6.07) is 19.5. The van der Waals surface area contributed by atoms with Gasteiger partial charge in [0.2, 0.25) is 5.88 Å². The highest BCUT2D eigenvalue weighted by Gasteiger charge is 2.18. The number of hydrogen-bond acceptors (Lipinski definition) is 5. The number of benzene rings is 2. The lowest BCUT2D eigenvalue weighted by Gasteiger charge is -2.13. The van der Waals surface area contributed by atoms with Gasteiger partial charge in [-0.3, -0.25) is 14.0 Å². The maximum atomic E-state index is 13.3. The number of hydrogen-bond donors (Lipinski definition) is 1. The van der Waals surface area contributed by atoms with Crippen molar-refractivity contribution in [2.75, 3.05) is 5.32 Å². The van der Waals surface area contributed by atoms with E-state index >= 15 is 0 Å². The van der Waals surface area contributed by atoms with Crippen molar-refractivity contribution in [1.82, 2.24) is 9.38 Å². The van der Waals surface area contributed by atoms with E-state index in [0.29, 0.717) is 17.1 Å². The van der Waals surface area contributed by atoms with Crippen LogP contribution in [-0.2, 0) is 4.79 Å². The molecule has 0 aliphatic heterocycles. The average molecular weight is 515 g/mol. The Labute approximate surface area is 204 Å². The quantitative estimate of drug-likeness (QED) is 0.283. The summed E-state index contributed by atoms with van der Waals surface area (Å²) in [5.74, 6) is -0.123. The van der Waals surface area contributed by atoms with Crippen LogP contribution < -0.4 is 15.6 Å². The molecule has 0 aliphatic rings. The number of amides is 1. The number of pyridine rings is 1. The summed E-state index contributed by atoms with van der Waals surface area (Å²) < 4.78 is 8.16. The fourth-order valence-electron chi connectivity index (χ4n) is 3.28. The first kappa shape index (κ1) is 23.0. The van der Waals surface area contributed by atoms with E-state index < -0.39 is 11.5 Å². The summed E-state index contributed by atoms with van der Waals surface area (Å²) in [7, 11) is 0. The van der Waals surface area contributed by atoms with Crippen LogP contribution in [0.2, 0.25) is 0 Å². The van der Waals surface area contributed by atoms with Crippen molar-refractivity contribution in [1.29, 1.82) is 5.26 Å². The Bertz CT molecular complexity index is 1550. The Hall–Kier alpha value is -4.22. The topological polar surface area (TPSA) is 96.5 Å². The second kappa shape index (κ2) is 9.73. The predicted molar refractivity (Wildman–Crippen MR) is 134 cm³/mol. The first-order chi connectivity index (χ1) is 16.4. The fraction of sp³-hybridized carbons (Fsp3) is 0.0769. The number of carbonyl (C=O) groups excluding carboxylic acids is 1. The molecule has 4 rings (SSSR count). The zero-order chi connectivity index (χ0) is 24.2. The van der Waals surface area contributed by atoms with Crippen molar-refractivity contribution < 1.29 is 9.53 Å². The Balaban J connectivity index is 1.83. The van der Waals surface area contributed by atoms with Gasteiger partial charge in [-0.15, -0.1) is 0 Å². The fourth-order valence-corrected chi connectivity index (χ4v) is 3.68. The Morgan fingerprint density at radius 3 is 2.71 bits per heavy atom. The number of aromatic nitrogens is 2. The number of anilines is 1. The van der Waals surface area contributed by atoms with Gasteiger partial charge in [-0.2, -0.15) is 10.2 Å². The van der Waals surface area contributed by atoms with Crippen LogP contribution in [0, 0.1) is 25.2 Å². The van der Waals surface area contributed by atoms with Crippen molar-refractivity contribution in [3.05, 3.63) is 104 Å². The molecule has 2 aromatic heterocycles. The number of carbonyl (C=O) groups is 1. The summed E-state index contributed by atoms with van der Waals surface area (Å²) >= 11 is 3.34. The van der Waals surface area contributed by atoms with Gasteiger partial charge in [0.15, 0.2) is 0 Å². The zero-order valence-electron chi connectivity index (χ0n) is 18.4. The zero-order valence-corrected chi connectivity index (χ0v) is 20.0. The second-order valence-corrected chi connectivity index (χ2v) is 8.41. The Morgan fingerprint density at radius 1 is 1.15 bits per heavy atom. The van der Waals surface area contributed by atoms with Gasteiger partial charge in [0.25, 0.3) is 11.5 Å². The van der Waals surface area contributed by atoms with E-state index in [2.05, 4.69) is 26.2 Å². The first-order valence-electron chi connectivity index (χ1n) is 10.3. The lowest BCUT2D eigenvalue weighted by molar-refractivity contribution is -0.112. The molecule has 0 saturated carbocycles. The van der Waals surface area contributed by atoms with E-state index in [4.69, 9.17) is 4.74 Å². The third-order valence-electron chi connectivity index (χ3n) is 5.23. The number of aryl methyl sites for hydroxylation is 1. The van der Waals surface area contributed by atoms with Crippen LogP contribution in [0.25, 0.3) is 11.7 Å². The molecule has 34 heavy (non-hydrogen) atoms. The van der Waals surface area contributed by atoms with E-state index in [-0.39, 0.29) is 17.0 Å². The third-order valence-corrected chi connectivity index (χ3v) is 5.73. The summed E-state index contributed by atoms with van der Waals surface area (Å²) in [6.07, 6.45) is 2.78. The lowest BCUT2D eigenvalue weighted by Crippen LogP contribution is -2.20. The summed E-state index contributed by atoms with van der Waals surface area (Å²) in [5.41, 5.74) is 2.04. The van der Waals surface area contributed by atoms with Gasteiger partial charge < -0.3 is 10.1 Å². The van der Waals surface area contributed by atoms with E-state index in [9.17, 15) is 14.9 Å². The molecule has 0 saturated heterocycles. The van der Waals surface area contributed by atoms with Crippen molar-refractivity contribution >= 4 is 39.2 Å². The van der Waals surface area contributed by atoms with E-state index in [1.54, 1.807) is 48.7 Å². The summed E-state index contributed by atoms with van der Waals surface area (Å²) in [4.78, 5) is 30.6. The standard InChI is InChI=1S/C26H19BrN4O3/c1-16-7-5-10-22(17(16)2)34-25-21(26(33)31-12-4-3-11-23(31)30-25)13-18(15-28)24(32)29-20-9-6-8-19(27)14-20/h3-14H,1-2H3,(H,29,32)/b18-13-. The molecule has 7 nitrogen and oxygen atoms in total. The van der Waals surface area contributed by atoms with Gasteiger partial charge in [0.05, 0.1) is 0 Å². The molecule has 0 aliphatic carbocycles. The molecule has 0 spiro atoms. The highest BCUT2D eigenvalue weighted by molar-refractivity contribution is 9.10. The van der Waals surface area contributed by atoms with Crippen molar-refractivity contribution in [3.63, 3.8) is 0 Å². The number of nitrogens with one attached hydrogen (secondary N) is 1. The number of nitrogens with zero attached hydrogens (tertiary/aromatic N) is 3. The molecule has 1 N–H and O–H groups in total. The molecular formula is C26H19BrN4O3. The number of halogens is 1. The van der Waals surface area contributed by atoms with Crippen molar-refractivity contribution in [2.24, 2.45) is 0 Å². The van der Waals surface area contributed by atoms with Gasteiger partial charge >= 0.3 is 0 Å². The number of nitriles is 1. The van der Waals surface area contributed by atoms with Crippen LogP contribution in [0.4, 0.5) is 5.69 Å². The maximum Gasteiger partial charge on any atom is 0.269 e. The van der Waals surface area contributed by atoms with Gasteiger partial charge in [0, 0.05) is 16.4 Å². The van der Waals surface area contributed by atoms with Crippen LogP contribution in [0.3, 0.4) is 0 Å². The first-order valence-corrected chi connectivity index (χ1v) is 11.1. The van der Waals surface area contributed by atoms with Gasteiger partial charge in [-0.1, -0.05) is 40.2 Å². The Morgan fingerprint density at radius 2 is 1.94 bits per heavy atom. The minimum atomic E-state index is -0.657. The van der Waals surface area contributed by atoms with Crippen LogP contribution in [-0.4, -0.2) is 15.3 Å². The normalized spacial score (nSPS) is 11.2. The van der Waals surface area contributed by atoms with Gasteiger partial charge in [0.1, 0.15) is 28.6 Å². The SMILES string of the molecule is Cc1cccc(Oc2nc3ccccn3c(=O)c2/C=C(/C#N)C(=O)Nc2cccc(Br)c2)c1C. The average Bonchev–Trinajstić information content (AvgIpc) is 2.82. The largest absolute Gasteiger partial charge is 0.438 e. The predicted octanol–water partition coefficient (Wildman–Crippen LogP) is 5.41. The monoisotopic (exact) mass is 514 g/mol. The molecule has 2 heterocycles. The second-order valence-electron chi connectivity index (χ2n) is 7.50. The molecule has 0 radical (unpaired) electrons. The molecule has 2 aromatic carbocycles. The molecule has 8 heteroatoms. The molecule has 0 bridgehead atoms. The minimum absolute atomic E-state index is 0.00732. The minimum Gasteiger partial charge on any atom is -0.438 e. The molecule has 0 atom stereocenters. The van der Waals surface area contributed by atoms with Crippen LogP contribution >= 0.6 is 15.9 Å². The number of ether oxygens (including phenoxy) is 1. The maximum absolute atomic E-state index is 13.3. The molecule has 1 amide bonds. The van der Waals surface area contributed by atoms with Crippen LogP contribution in [0.1, 0.15) is 16.7 Å². The summed E-state index contributed by atoms with van der Waals surface area (Å²) in [5, 5.41) is 12.4. The molecular weight excluding hydrogens is 496 g/mol. The lowest BCUT2D eigenvalue weighted by atomic mass is 10.1. The highest BCUT2D eigenvalue weighted by Crippen LogP contribution is 2.28. The molecule has 0 fully saturated rings. The Kier molecular flexibility index (Phi) is 6.57. The number of rotatable bonds is 5. The van der Waals surface area contributed by atoms with E-state index in [1.807, 2.05) is 38.1 Å². The van der Waals surface area contributed by atoms with Crippen molar-refractivity contribution in [2.45, 2.75) is 13.8 Å². The van der Waals surface area contributed by atoms with Gasteiger partial charge in [-0.05, 0) is 67.4 Å². The van der Waals surface area contributed by atoms with Gasteiger partial charge in [-0.25, -0.2) is 0 Å². The van der Waals surface area contributed by atoms with Crippen LogP contribution in [0.5, 0.6) is 11.6 Å². The van der Waals surface area contributed by atoms with Crippen LogP contribution in [0.15, 0.2) is 81.7 Å².